The van der Waals surface area contributed by atoms with Crippen LogP contribution in [-0.2, 0) is 14.3 Å². The number of unbranched alkanes of at least 4 members (excludes halogenated alkanes) is 1. The number of amides is 1. The fourth-order valence-electron chi connectivity index (χ4n) is 2.57. The summed E-state index contributed by atoms with van der Waals surface area (Å²) < 4.78 is 5.00. The van der Waals surface area contributed by atoms with Crippen molar-refractivity contribution in [2.75, 3.05) is 19.1 Å². The molecule has 0 aliphatic carbocycles. The summed E-state index contributed by atoms with van der Waals surface area (Å²) in [6.07, 6.45) is 9.85. The van der Waals surface area contributed by atoms with Crippen LogP contribution in [0.2, 0.25) is 0 Å². The summed E-state index contributed by atoms with van der Waals surface area (Å²) in [6, 6.07) is -0.0558. The van der Waals surface area contributed by atoms with E-state index in [1.54, 1.807) is 17.8 Å². The Labute approximate surface area is 169 Å². The van der Waals surface area contributed by atoms with Crippen LogP contribution < -0.4 is 11.1 Å². The van der Waals surface area contributed by atoms with E-state index in [2.05, 4.69) is 26.1 Å². The Balaban J connectivity index is 0. The number of hydrogen-bond acceptors (Lipinski definition) is 5. The van der Waals surface area contributed by atoms with Gasteiger partial charge in [-0.05, 0) is 30.8 Å². The first-order chi connectivity index (χ1) is 11.9. The summed E-state index contributed by atoms with van der Waals surface area (Å²) in [5.74, 6) is 0.631. The van der Waals surface area contributed by atoms with Crippen LogP contribution in [-0.4, -0.2) is 42.6 Å². The molecular formula is C19H37ClN2O3S. The minimum Gasteiger partial charge on any atom is -0.467 e. The Kier molecular flexibility index (Phi) is 16.2. The fourth-order valence-corrected chi connectivity index (χ4v) is 3.12. The van der Waals surface area contributed by atoms with E-state index in [0.717, 1.165) is 25.0 Å². The molecule has 0 saturated carbocycles. The van der Waals surface area contributed by atoms with Gasteiger partial charge in [0.05, 0.1) is 7.11 Å². The lowest BCUT2D eigenvalue weighted by Gasteiger charge is -2.32. The number of carbonyl (C=O) groups is 2. The lowest BCUT2D eigenvalue weighted by molar-refractivity contribution is -0.151. The predicted octanol–water partition coefficient (Wildman–Crippen LogP) is 3.70. The zero-order valence-corrected chi connectivity index (χ0v) is 18.5. The predicted molar refractivity (Wildman–Crippen MR) is 114 cm³/mol. The van der Waals surface area contributed by atoms with E-state index in [4.69, 9.17) is 10.5 Å². The van der Waals surface area contributed by atoms with Gasteiger partial charge in [0.15, 0.2) is 0 Å². The van der Waals surface area contributed by atoms with Crippen LogP contribution in [0.5, 0.6) is 0 Å². The smallest absolute Gasteiger partial charge is 0.331 e. The number of nitrogens with two attached hydrogens (primary N) is 1. The second-order valence-corrected chi connectivity index (χ2v) is 7.55. The Morgan fingerprint density at radius 2 is 1.96 bits per heavy atom. The highest BCUT2D eigenvalue weighted by molar-refractivity contribution is 7.98. The summed E-state index contributed by atoms with van der Waals surface area (Å²) in [5, 5.41) is 2.95. The van der Waals surface area contributed by atoms with Gasteiger partial charge >= 0.3 is 5.97 Å². The summed E-state index contributed by atoms with van der Waals surface area (Å²) in [6.45, 7) is 6.25. The number of methoxy groups -OCH3 is 1. The number of rotatable bonds is 13. The first kappa shape index (κ1) is 27.5. The van der Waals surface area contributed by atoms with Crippen molar-refractivity contribution in [2.24, 2.45) is 11.7 Å². The number of nitrogens with one attached hydrogen (secondary N) is 1. The second kappa shape index (κ2) is 15.3. The van der Waals surface area contributed by atoms with Gasteiger partial charge in [-0.1, -0.05) is 52.2 Å². The van der Waals surface area contributed by atoms with Crippen LogP contribution in [0.3, 0.4) is 0 Å². The maximum absolute atomic E-state index is 12.4. The lowest BCUT2D eigenvalue weighted by atomic mass is 9.89. The first-order valence-corrected chi connectivity index (χ1v) is 10.6. The topological polar surface area (TPSA) is 81.4 Å². The molecule has 0 rings (SSSR count). The maximum atomic E-state index is 12.4. The van der Waals surface area contributed by atoms with E-state index >= 15 is 0 Å². The zero-order valence-electron chi connectivity index (χ0n) is 16.9. The molecule has 3 atom stereocenters. The van der Waals surface area contributed by atoms with Gasteiger partial charge in [-0.3, -0.25) is 4.79 Å². The molecular weight excluding hydrogens is 372 g/mol. The van der Waals surface area contributed by atoms with Crippen molar-refractivity contribution in [1.29, 1.82) is 0 Å². The van der Waals surface area contributed by atoms with E-state index in [1.165, 1.54) is 7.11 Å². The van der Waals surface area contributed by atoms with Crippen LogP contribution in [0.4, 0.5) is 0 Å². The number of thioether (sulfide) groups is 1. The molecule has 5 nitrogen and oxygen atoms in total. The number of esters is 1. The Morgan fingerprint density at radius 3 is 2.46 bits per heavy atom. The lowest BCUT2D eigenvalue weighted by Crippen LogP contribution is -2.55. The Morgan fingerprint density at radius 1 is 1.31 bits per heavy atom. The van der Waals surface area contributed by atoms with Gasteiger partial charge in [-0.15, -0.1) is 12.4 Å². The average Bonchev–Trinajstić information content (AvgIpc) is 2.62. The maximum Gasteiger partial charge on any atom is 0.331 e. The van der Waals surface area contributed by atoms with Crippen molar-refractivity contribution in [2.45, 2.75) is 70.9 Å². The van der Waals surface area contributed by atoms with Gasteiger partial charge in [0.1, 0.15) is 5.54 Å². The molecule has 7 heteroatoms. The zero-order chi connectivity index (χ0) is 19.3. The van der Waals surface area contributed by atoms with Gasteiger partial charge < -0.3 is 15.8 Å². The van der Waals surface area contributed by atoms with Gasteiger partial charge in [-0.25, -0.2) is 4.79 Å². The summed E-state index contributed by atoms with van der Waals surface area (Å²) in [5.41, 5.74) is 5.11. The largest absolute Gasteiger partial charge is 0.467 e. The Bertz CT molecular complexity index is 425. The van der Waals surface area contributed by atoms with Gasteiger partial charge in [0.2, 0.25) is 5.91 Å². The first-order valence-electron chi connectivity index (χ1n) is 9.17. The number of carbonyl (C=O) groups excluding carboxylic acids is 2. The molecule has 0 spiro atoms. The van der Waals surface area contributed by atoms with Gasteiger partial charge in [-0.2, -0.15) is 11.8 Å². The van der Waals surface area contributed by atoms with Gasteiger partial charge in [0, 0.05) is 12.5 Å². The molecule has 0 radical (unpaired) electrons. The van der Waals surface area contributed by atoms with Crippen LogP contribution >= 0.6 is 24.2 Å². The third kappa shape index (κ3) is 9.83. The molecule has 0 aliphatic rings. The summed E-state index contributed by atoms with van der Waals surface area (Å²) in [7, 11) is 1.37. The van der Waals surface area contributed by atoms with E-state index in [0.29, 0.717) is 18.8 Å². The molecule has 0 aromatic heterocycles. The molecule has 0 unspecified atom stereocenters. The van der Waals surface area contributed by atoms with E-state index < -0.39 is 5.54 Å². The van der Waals surface area contributed by atoms with Crippen molar-refractivity contribution in [3.05, 3.63) is 12.2 Å². The van der Waals surface area contributed by atoms with Crippen LogP contribution in [0.15, 0.2) is 12.2 Å². The monoisotopic (exact) mass is 408 g/mol. The third-order valence-corrected chi connectivity index (χ3v) is 5.22. The van der Waals surface area contributed by atoms with Gasteiger partial charge in [0.25, 0.3) is 0 Å². The highest BCUT2D eigenvalue weighted by Gasteiger charge is 2.39. The molecule has 0 aromatic rings. The van der Waals surface area contributed by atoms with Crippen molar-refractivity contribution in [3.8, 4) is 0 Å². The molecule has 1 amide bonds. The fraction of sp³-hybridized carbons (Fsp3) is 0.789. The highest BCUT2D eigenvalue weighted by Crippen LogP contribution is 2.23. The van der Waals surface area contributed by atoms with Crippen molar-refractivity contribution < 1.29 is 14.3 Å². The van der Waals surface area contributed by atoms with Crippen LogP contribution in [0.25, 0.3) is 0 Å². The van der Waals surface area contributed by atoms with Crippen LogP contribution in [0, 0.1) is 5.92 Å². The minimum absolute atomic E-state index is 0. The molecule has 0 saturated heterocycles. The number of ether oxygens (including phenoxy) is 1. The second-order valence-electron chi connectivity index (χ2n) is 6.56. The van der Waals surface area contributed by atoms with Crippen molar-refractivity contribution in [3.63, 3.8) is 0 Å². The van der Waals surface area contributed by atoms with Crippen molar-refractivity contribution >= 4 is 36.0 Å². The van der Waals surface area contributed by atoms with E-state index in [1.807, 2.05) is 12.3 Å². The molecule has 154 valence electrons. The molecule has 0 aliphatic heterocycles. The minimum atomic E-state index is -0.933. The number of hydrogen-bond donors (Lipinski definition) is 2. The third-order valence-electron chi connectivity index (χ3n) is 4.61. The number of halogens is 1. The molecule has 0 fully saturated rings. The SMILES string of the molecule is CCCC[C@](CCSC)(NC(=O)C/C=C/[C@@H](N)[C@@H](C)CC)C(=O)OC.Cl. The highest BCUT2D eigenvalue weighted by atomic mass is 35.5. The molecule has 0 aromatic carbocycles. The summed E-state index contributed by atoms with van der Waals surface area (Å²) >= 11 is 1.65. The summed E-state index contributed by atoms with van der Waals surface area (Å²) in [4.78, 5) is 24.8. The Hall–Kier alpha value is -0.720. The van der Waals surface area contributed by atoms with E-state index in [-0.39, 0.29) is 36.7 Å². The molecule has 0 heterocycles. The average molecular weight is 409 g/mol. The van der Waals surface area contributed by atoms with E-state index in [9.17, 15) is 9.59 Å². The molecule has 26 heavy (non-hydrogen) atoms. The standard InChI is InChI=1S/C19H36N2O3S.ClH/c1-6-8-12-19(13-14-25-5,18(23)24-4)21-17(22)11-9-10-16(20)15(3)7-2;/h9-10,15-16H,6-8,11-14,20H2,1-5H3,(H,21,22);1H/b10-9+;/t15-,16+,19+;/m0./s1. The molecule has 3 N–H and O–H groups in total. The molecule has 0 bridgehead atoms. The normalized spacial score (nSPS) is 15.6. The quantitative estimate of drug-likeness (QED) is 0.358. The van der Waals surface area contributed by atoms with Crippen molar-refractivity contribution in [1.82, 2.24) is 5.32 Å². The van der Waals surface area contributed by atoms with Crippen LogP contribution in [0.1, 0.15) is 59.3 Å².